The van der Waals surface area contributed by atoms with Crippen molar-refractivity contribution in [1.29, 1.82) is 0 Å². The van der Waals surface area contributed by atoms with Gasteiger partial charge in [-0.05, 0) is 50.0 Å². The quantitative estimate of drug-likeness (QED) is 0.770. The van der Waals surface area contributed by atoms with Crippen LogP contribution in [-0.4, -0.2) is 29.1 Å². The number of hydrogen-bond acceptors (Lipinski definition) is 4. The normalized spacial score (nSPS) is 10.7. The van der Waals surface area contributed by atoms with Gasteiger partial charge in [0, 0.05) is 30.8 Å². The summed E-state index contributed by atoms with van der Waals surface area (Å²) in [4.78, 5) is 16.9. The zero-order valence-electron chi connectivity index (χ0n) is 12.6. The van der Waals surface area contributed by atoms with Gasteiger partial charge in [0.25, 0.3) is 0 Å². The highest BCUT2D eigenvalue weighted by Crippen LogP contribution is 2.32. The smallest absolute Gasteiger partial charge is 0.224 e. The summed E-state index contributed by atoms with van der Waals surface area (Å²) in [7, 11) is 3.72. The molecular formula is C15H19FN4OS. The highest BCUT2D eigenvalue weighted by atomic mass is 32.2. The van der Waals surface area contributed by atoms with E-state index in [-0.39, 0.29) is 11.7 Å². The third kappa shape index (κ3) is 4.57. The van der Waals surface area contributed by atoms with Crippen LogP contribution in [0.3, 0.4) is 0 Å². The van der Waals surface area contributed by atoms with E-state index in [1.54, 1.807) is 12.3 Å². The minimum Gasteiger partial charge on any atom is -0.329 e. The lowest BCUT2D eigenvalue weighted by molar-refractivity contribution is -0.116. The summed E-state index contributed by atoms with van der Waals surface area (Å²) in [5.41, 5.74) is 0.474. The van der Waals surface area contributed by atoms with Crippen molar-refractivity contribution >= 4 is 23.4 Å². The summed E-state index contributed by atoms with van der Waals surface area (Å²) in [6.45, 7) is 0.769. The van der Waals surface area contributed by atoms with Gasteiger partial charge in [0.2, 0.25) is 5.91 Å². The van der Waals surface area contributed by atoms with E-state index < -0.39 is 0 Å². The molecule has 0 bridgehead atoms. The minimum atomic E-state index is -0.380. The third-order valence-corrected chi connectivity index (χ3v) is 4.18. The Kier molecular flexibility index (Phi) is 5.97. The summed E-state index contributed by atoms with van der Waals surface area (Å²) < 4.78 is 15.3. The first-order valence-corrected chi connectivity index (χ1v) is 7.81. The largest absolute Gasteiger partial charge is 0.329 e. The molecule has 1 amide bonds. The molecule has 0 unspecified atom stereocenters. The molecule has 22 heavy (non-hydrogen) atoms. The average molecular weight is 322 g/mol. The summed E-state index contributed by atoms with van der Waals surface area (Å²) in [5, 5.41) is 6.54. The molecule has 0 saturated heterocycles. The van der Waals surface area contributed by atoms with Crippen molar-refractivity contribution in [2.75, 3.05) is 18.9 Å². The van der Waals surface area contributed by atoms with Crippen molar-refractivity contribution in [3.63, 3.8) is 0 Å². The first-order chi connectivity index (χ1) is 10.6. The van der Waals surface area contributed by atoms with E-state index in [0.29, 0.717) is 12.1 Å². The zero-order valence-corrected chi connectivity index (χ0v) is 13.4. The first-order valence-electron chi connectivity index (χ1n) is 6.99. The molecule has 1 heterocycles. The Balaban J connectivity index is 2.10. The maximum absolute atomic E-state index is 13.5. The molecule has 0 atom stereocenters. The highest BCUT2D eigenvalue weighted by molar-refractivity contribution is 7.99. The minimum absolute atomic E-state index is 0.123. The van der Waals surface area contributed by atoms with Crippen LogP contribution in [0.2, 0.25) is 0 Å². The molecule has 2 aromatic rings. The van der Waals surface area contributed by atoms with Gasteiger partial charge >= 0.3 is 0 Å². The molecule has 2 N–H and O–H groups in total. The fourth-order valence-electron chi connectivity index (χ4n) is 1.88. The van der Waals surface area contributed by atoms with Gasteiger partial charge in [-0.25, -0.2) is 9.37 Å². The Morgan fingerprint density at radius 2 is 2.27 bits per heavy atom. The number of halogens is 1. The van der Waals surface area contributed by atoms with Gasteiger partial charge in [0.05, 0.1) is 5.69 Å². The van der Waals surface area contributed by atoms with E-state index >= 15 is 0 Å². The van der Waals surface area contributed by atoms with Crippen molar-refractivity contribution in [3.8, 4) is 0 Å². The number of imidazole rings is 1. The van der Waals surface area contributed by atoms with Crippen LogP contribution in [-0.2, 0) is 11.8 Å². The van der Waals surface area contributed by atoms with Gasteiger partial charge in [0.1, 0.15) is 5.82 Å². The number of aryl methyl sites for hydroxylation is 1. The van der Waals surface area contributed by atoms with E-state index in [4.69, 9.17) is 0 Å². The highest BCUT2D eigenvalue weighted by Gasteiger charge is 2.11. The SMILES string of the molecule is CNCCCC(=O)Nc1cc(F)ccc1Sc1nccn1C. The second kappa shape index (κ2) is 7.95. The van der Waals surface area contributed by atoms with E-state index in [2.05, 4.69) is 15.6 Å². The standard InChI is InChI=1S/C15H19FN4OS/c1-17-7-3-4-14(21)19-12-10-11(16)5-6-13(12)22-15-18-8-9-20(15)2/h5-6,8-10,17H,3-4,7H2,1-2H3,(H,19,21). The molecular weight excluding hydrogens is 303 g/mol. The van der Waals surface area contributed by atoms with Gasteiger partial charge in [-0.15, -0.1) is 0 Å². The summed E-state index contributed by atoms with van der Waals surface area (Å²) in [6, 6.07) is 4.36. The van der Waals surface area contributed by atoms with Gasteiger partial charge in [0.15, 0.2) is 5.16 Å². The average Bonchev–Trinajstić information content (AvgIpc) is 2.87. The number of nitrogens with zero attached hydrogens (tertiary/aromatic N) is 2. The fourth-order valence-corrected chi connectivity index (χ4v) is 2.75. The number of carbonyl (C=O) groups is 1. The number of carbonyl (C=O) groups excluding carboxylic acids is 1. The van der Waals surface area contributed by atoms with Gasteiger partial charge in [-0.2, -0.15) is 0 Å². The number of benzene rings is 1. The number of amides is 1. The topological polar surface area (TPSA) is 59.0 Å². The molecule has 0 spiro atoms. The van der Waals surface area contributed by atoms with Crippen LogP contribution in [0, 0.1) is 5.82 Å². The third-order valence-electron chi connectivity index (χ3n) is 3.02. The molecule has 0 fully saturated rings. The molecule has 1 aromatic heterocycles. The zero-order chi connectivity index (χ0) is 15.9. The predicted octanol–water partition coefficient (Wildman–Crippen LogP) is 2.65. The van der Waals surface area contributed by atoms with Crippen molar-refractivity contribution in [2.45, 2.75) is 22.9 Å². The molecule has 7 heteroatoms. The number of hydrogen-bond donors (Lipinski definition) is 2. The molecule has 0 saturated carbocycles. The lowest BCUT2D eigenvalue weighted by Gasteiger charge is -2.11. The van der Waals surface area contributed by atoms with Crippen LogP contribution in [0.1, 0.15) is 12.8 Å². The summed E-state index contributed by atoms with van der Waals surface area (Å²) in [5.74, 6) is -0.503. The predicted molar refractivity (Wildman–Crippen MR) is 85.5 cm³/mol. The van der Waals surface area contributed by atoms with Crippen LogP contribution in [0.4, 0.5) is 10.1 Å². The summed E-state index contributed by atoms with van der Waals surface area (Å²) in [6.07, 6.45) is 4.66. The number of rotatable bonds is 7. The van der Waals surface area contributed by atoms with Gasteiger partial charge in [-0.1, -0.05) is 0 Å². The van der Waals surface area contributed by atoms with Crippen LogP contribution in [0.25, 0.3) is 0 Å². The van der Waals surface area contributed by atoms with Crippen molar-refractivity contribution in [3.05, 3.63) is 36.4 Å². The van der Waals surface area contributed by atoms with E-state index in [9.17, 15) is 9.18 Å². The molecule has 0 aliphatic heterocycles. The Morgan fingerprint density at radius 1 is 1.45 bits per heavy atom. The van der Waals surface area contributed by atoms with Crippen LogP contribution in [0.5, 0.6) is 0 Å². The number of aromatic nitrogens is 2. The Bertz CT molecular complexity index is 644. The van der Waals surface area contributed by atoms with Crippen molar-refractivity contribution in [2.24, 2.45) is 7.05 Å². The maximum Gasteiger partial charge on any atom is 0.224 e. The van der Waals surface area contributed by atoms with E-state index in [1.165, 1.54) is 23.9 Å². The van der Waals surface area contributed by atoms with E-state index in [0.717, 1.165) is 23.0 Å². The van der Waals surface area contributed by atoms with Gasteiger partial charge in [-0.3, -0.25) is 4.79 Å². The molecule has 5 nitrogen and oxygen atoms in total. The van der Waals surface area contributed by atoms with E-state index in [1.807, 2.05) is 24.9 Å². The monoisotopic (exact) mass is 322 g/mol. The fraction of sp³-hybridized carbons (Fsp3) is 0.333. The Labute approximate surface area is 133 Å². The van der Waals surface area contributed by atoms with Crippen molar-refractivity contribution < 1.29 is 9.18 Å². The molecule has 0 aliphatic rings. The number of anilines is 1. The molecule has 0 radical (unpaired) electrons. The molecule has 0 aliphatic carbocycles. The maximum atomic E-state index is 13.5. The Morgan fingerprint density at radius 3 is 2.95 bits per heavy atom. The molecule has 118 valence electrons. The van der Waals surface area contributed by atoms with Crippen LogP contribution >= 0.6 is 11.8 Å². The van der Waals surface area contributed by atoms with Crippen LogP contribution < -0.4 is 10.6 Å². The second-order valence-electron chi connectivity index (χ2n) is 4.82. The number of nitrogens with one attached hydrogen (secondary N) is 2. The lowest BCUT2D eigenvalue weighted by Crippen LogP contribution is -2.15. The van der Waals surface area contributed by atoms with Gasteiger partial charge < -0.3 is 15.2 Å². The van der Waals surface area contributed by atoms with Crippen molar-refractivity contribution in [1.82, 2.24) is 14.9 Å². The van der Waals surface area contributed by atoms with Crippen LogP contribution in [0.15, 0.2) is 40.6 Å². The molecule has 2 rings (SSSR count). The first kappa shape index (κ1) is 16.5. The Hall–Kier alpha value is -1.86. The summed E-state index contributed by atoms with van der Waals surface area (Å²) >= 11 is 1.38. The lowest BCUT2D eigenvalue weighted by atomic mass is 10.2. The second-order valence-corrected chi connectivity index (χ2v) is 5.83. The molecule has 1 aromatic carbocycles.